The first-order chi connectivity index (χ1) is 14.1. The Morgan fingerprint density at radius 3 is 2.33 bits per heavy atom. The summed E-state index contributed by atoms with van der Waals surface area (Å²) >= 11 is 35.5. The maximum absolute atomic E-state index is 12.6. The molecule has 10 heteroatoms. The lowest BCUT2D eigenvalue weighted by molar-refractivity contribution is 0.0934. The predicted molar refractivity (Wildman–Crippen MR) is 131 cm³/mol. The van der Waals surface area contributed by atoms with Gasteiger partial charge in [0, 0.05) is 16.1 Å². The van der Waals surface area contributed by atoms with Crippen molar-refractivity contribution in [2.45, 2.75) is 9.96 Å². The van der Waals surface area contributed by atoms with Gasteiger partial charge >= 0.3 is 0 Å². The Morgan fingerprint density at radius 2 is 1.63 bits per heavy atom. The van der Waals surface area contributed by atoms with E-state index in [4.69, 9.17) is 70.2 Å². The molecule has 0 saturated carbocycles. The highest BCUT2D eigenvalue weighted by Gasteiger charge is 2.35. The normalized spacial score (nSPS) is 12.3. The van der Waals surface area contributed by atoms with Crippen LogP contribution in [0.5, 0.6) is 0 Å². The van der Waals surface area contributed by atoms with E-state index in [0.717, 1.165) is 16.5 Å². The highest BCUT2D eigenvalue weighted by Crippen LogP contribution is 2.30. The molecule has 0 aliphatic heterocycles. The molecule has 1 amide bonds. The van der Waals surface area contributed by atoms with Crippen molar-refractivity contribution in [3.8, 4) is 0 Å². The number of carbonyl (C=O) groups excluding carboxylic acids is 1. The molecule has 0 aliphatic rings. The fourth-order valence-corrected chi connectivity index (χ4v) is 3.76. The van der Waals surface area contributed by atoms with Gasteiger partial charge in [-0.15, -0.1) is 0 Å². The Bertz CT molecular complexity index is 1100. The number of fused-ring (bicyclic) bond motifs is 1. The average molecular weight is 522 g/mol. The fraction of sp³-hybridized carbons (Fsp3) is 0.100. The van der Waals surface area contributed by atoms with E-state index in [1.807, 2.05) is 42.5 Å². The molecule has 0 aromatic heterocycles. The van der Waals surface area contributed by atoms with Gasteiger partial charge in [0.25, 0.3) is 5.91 Å². The molecule has 0 radical (unpaired) electrons. The van der Waals surface area contributed by atoms with Crippen LogP contribution in [-0.4, -0.2) is 21.0 Å². The first-order valence-electron chi connectivity index (χ1n) is 8.53. The van der Waals surface area contributed by atoms with E-state index >= 15 is 0 Å². The van der Waals surface area contributed by atoms with Gasteiger partial charge in [-0.3, -0.25) is 4.79 Å². The molecule has 30 heavy (non-hydrogen) atoms. The number of benzene rings is 3. The lowest BCUT2D eigenvalue weighted by atomic mass is 10.1. The second kappa shape index (κ2) is 9.77. The van der Waals surface area contributed by atoms with Crippen LogP contribution in [0.1, 0.15) is 10.4 Å². The third kappa shape index (κ3) is 5.82. The zero-order chi connectivity index (χ0) is 21.9. The Hall–Kier alpha value is -1.47. The molecule has 0 heterocycles. The minimum atomic E-state index is -1.90. The summed E-state index contributed by atoms with van der Waals surface area (Å²) in [5.41, 5.74) is 0.941. The van der Waals surface area contributed by atoms with Gasteiger partial charge in [0.1, 0.15) is 6.17 Å². The fourth-order valence-electron chi connectivity index (χ4n) is 2.71. The number of anilines is 1. The Labute approximate surface area is 203 Å². The summed E-state index contributed by atoms with van der Waals surface area (Å²) in [5.74, 6) is -0.562. The molecule has 156 valence electrons. The maximum atomic E-state index is 12.6. The van der Waals surface area contributed by atoms with Crippen molar-refractivity contribution >= 4 is 97.7 Å². The van der Waals surface area contributed by atoms with Crippen molar-refractivity contribution < 1.29 is 4.79 Å². The minimum Gasteiger partial charge on any atom is -0.339 e. The second-order valence-electron chi connectivity index (χ2n) is 6.20. The van der Waals surface area contributed by atoms with E-state index < -0.39 is 15.9 Å². The first kappa shape index (κ1) is 23.2. The molecule has 3 N–H and O–H groups in total. The topological polar surface area (TPSA) is 53.2 Å². The summed E-state index contributed by atoms with van der Waals surface area (Å²) in [4.78, 5) is 12.6. The number of nitrogens with one attached hydrogen (secondary N) is 3. The number of hydrogen-bond donors (Lipinski definition) is 3. The molecule has 0 aliphatic carbocycles. The smallest absolute Gasteiger partial charge is 0.254 e. The molecular formula is C20H14Cl5N3OS. The molecule has 0 bridgehead atoms. The Balaban J connectivity index is 1.76. The summed E-state index contributed by atoms with van der Waals surface area (Å²) in [5, 5.41) is 11.2. The standard InChI is InChI=1S/C20H14Cl5N3OS/c21-12-8-9-14(15(22)10-12)17(29)27-18(20(23,24)25)28-19(30)26-16-7-3-5-11-4-1-2-6-13(11)16/h1-10,18H,(H,27,29)(H2,26,28,30). The summed E-state index contributed by atoms with van der Waals surface area (Å²) in [7, 11) is 0. The molecule has 1 unspecified atom stereocenters. The van der Waals surface area contributed by atoms with E-state index in [9.17, 15) is 4.79 Å². The lowest BCUT2D eigenvalue weighted by Gasteiger charge is -2.28. The molecule has 3 rings (SSSR count). The summed E-state index contributed by atoms with van der Waals surface area (Å²) in [6, 6.07) is 18.0. The van der Waals surface area contributed by atoms with Crippen LogP contribution in [0, 0.1) is 0 Å². The number of thiocarbonyl (C=S) groups is 1. The number of hydrogen-bond acceptors (Lipinski definition) is 2. The van der Waals surface area contributed by atoms with Crippen LogP contribution in [0.25, 0.3) is 10.8 Å². The monoisotopic (exact) mass is 519 g/mol. The van der Waals surface area contributed by atoms with Crippen molar-refractivity contribution in [1.82, 2.24) is 10.6 Å². The van der Waals surface area contributed by atoms with Crippen LogP contribution in [0.4, 0.5) is 5.69 Å². The Morgan fingerprint density at radius 1 is 0.933 bits per heavy atom. The van der Waals surface area contributed by atoms with Crippen molar-refractivity contribution in [2.75, 3.05) is 5.32 Å². The molecule has 3 aromatic carbocycles. The highest BCUT2D eigenvalue weighted by atomic mass is 35.6. The average Bonchev–Trinajstić information content (AvgIpc) is 2.67. The van der Waals surface area contributed by atoms with Crippen LogP contribution in [0.3, 0.4) is 0 Å². The van der Waals surface area contributed by atoms with Crippen LogP contribution in [0.15, 0.2) is 60.7 Å². The quantitative estimate of drug-likeness (QED) is 0.207. The van der Waals surface area contributed by atoms with Gasteiger partial charge in [0.2, 0.25) is 3.79 Å². The number of amides is 1. The van der Waals surface area contributed by atoms with E-state index in [0.29, 0.717) is 5.02 Å². The van der Waals surface area contributed by atoms with Gasteiger partial charge in [-0.05, 0) is 41.9 Å². The Kier molecular flexibility index (Phi) is 7.56. The maximum Gasteiger partial charge on any atom is 0.254 e. The van der Waals surface area contributed by atoms with Crippen molar-refractivity contribution in [3.63, 3.8) is 0 Å². The van der Waals surface area contributed by atoms with Gasteiger partial charge in [0.15, 0.2) is 5.11 Å². The number of rotatable bonds is 4. The highest BCUT2D eigenvalue weighted by molar-refractivity contribution is 7.80. The SMILES string of the molecule is O=C(NC(NC(=S)Nc1cccc2ccccc12)C(Cl)(Cl)Cl)c1ccc(Cl)cc1Cl. The van der Waals surface area contributed by atoms with Crippen molar-refractivity contribution in [3.05, 3.63) is 76.3 Å². The van der Waals surface area contributed by atoms with Gasteiger partial charge in [-0.25, -0.2) is 0 Å². The molecule has 4 nitrogen and oxygen atoms in total. The zero-order valence-electron chi connectivity index (χ0n) is 15.1. The van der Waals surface area contributed by atoms with Gasteiger partial charge in [-0.2, -0.15) is 0 Å². The lowest BCUT2D eigenvalue weighted by Crippen LogP contribution is -2.56. The summed E-state index contributed by atoms with van der Waals surface area (Å²) in [6.45, 7) is 0. The predicted octanol–water partition coefficient (Wildman–Crippen LogP) is 6.56. The van der Waals surface area contributed by atoms with E-state index in [1.54, 1.807) is 0 Å². The van der Waals surface area contributed by atoms with Crippen LogP contribution < -0.4 is 16.0 Å². The number of halogens is 5. The zero-order valence-corrected chi connectivity index (χ0v) is 19.7. The summed E-state index contributed by atoms with van der Waals surface area (Å²) < 4.78 is -1.90. The van der Waals surface area contributed by atoms with Gasteiger partial charge < -0.3 is 16.0 Å². The number of alkyl halides is 3. The van der Waals surface area contributed by atoms with E-state index in [1.165, 1.54) is 18.2 Å². The molecule has 0 saturated heterocycles. The second-order valence-corrected chi connectivity index (χ2v) is 9.82. The molecular weight excluding hydrogens is 508 g/mol. The molecule has 3 aromatic rings. The molecule has 1 atom stereocenters. The van der Waals surface area contributed by atoms with Crippen molar-refractivity contribution in [1.29, 1.82) is 0 Å². The van der Waals surface area contributed by atoms with Crippen molar-refractivity contribution in [2.24, 2.45) is 0 Å². The van der Waals surface area contributed by atoms with E-state index in [2.05, 4.69) is 16.0 Å². The minimum absolute atomic E-state index is 0.158. The van der Waals surface area contributed by atoms with Crippen LogP contribution in [-0.2, 0) is 0 Å². The van der Waals surface area contributed by atoms with Gasteiger partial charge in [-0.1, -0.05) is 94.4 Å². The van der Waals surface area contributed by atoms with Gasteiger partial charge in [0.05, 0.1) is 10.6 Å². The molecule has 0 spiro atoms. The van der Waals surface area contributed by atoms with Crippen LogP contribution >= 0.6 is 70.2 Å². The molecule has 0 fully saturated rings. The van der Waals surface area contributed by atoms with E-state index in [-0.39, 0.29) is 15.7 Å². The van der Waals surface area contributed by atoms with Crippen LogP contribution in [0.2, 0.25) is 10.0 Å². The third-order valence-electron chi connectivity index (χ3n) is 4.09. The summed E-state index contributed by atoms with van der Waals surface area (Å²) in [6.07, 6.45) is -1.14. The third-order valence-corrected chi connectivity index (χ3v) is 5.51. The first-order valence-corrected chi connectivity index (χ1v) is 10.8. The number of carbonyl (C=O) groups is 1. The largest absolute Gasteiger partial charge is 0.339 e.